The van der Waals surface area contributed by atoms with Gasteiger partial charge in [-0.15, -0.1) is 11.6 Å². The van der Waals surface area contributed by atoms with Gasteiger partial charge in [0.15, 0.2) is 5.38 Å². The standard InChI is InChI=1S/C11H8ClFN4O/c12-10-9(6-15-17-11(10)18)16-14-5-7-3-1-2-4-8(7)13/h1-6,10H,(H,17,18)/b14-5+,16-9+. The van der Waals surface area contributed by atoms with E-state index in [2.05, 4.69) is 20.7 Å². The van der Waals surface area contributed by atoms with Crippen LogP contribution >= 0.6 is 11.6 Å². The number of rotatable bonds is 2. The molecule has 0 aromatic heterocycles. The van der Waals surface area contributed by atoms with Gasteiger partial charge in [0.05, 0.1) is 12.4 Å². The van der Waals surface area contributed by atoms with Crippen LogP contribution in [-0.2, 0) is 4.79 Å². The molecule has 18 heavy (non-hydrogen) atoms. The molecule has 1 heterocycles. The fourth-order valence-electron chi connectivity index (χ4n) is 1.23. The summed E-state index contributed by atoms with van der Waals surface area (Å²) < 4.78 is 13.2. The topological polar surface area (TPSA) is 66.2 Å². The van der Waals surface area contributed by atoms with E-state index in [4.69, 9.17) is 11.6 Å². The molecule has 1 aromatic rings. The van der Waals surface area contributed by atoms with Crippen LogP contribution in [-0.4, -0.2) is 29.4 Å². The third kappa shape index (κ3) is 2.78. The van der Waals surface area contributed by atoms with Gasteiger partial charge in [-0.25, -0.2) is 9.82 Å². The molecule has 7 heteroatoms. The molecular formula is C11H8ClFN4O. The summed E-state index contributed by atoms with van der Waals surface area (Å²) >= 11 is 5.76. The van der Waals surface area contributed by atoms with Crippen LogP contribution in [0.2, 0.25) is 0 Å². The van der Waals surface area contributed by atoms with Crippen LogP contribution in [0.5, 0.6) is 0 Å². The molecule has 1 unspecified atom stereocenters. The molecule has 2 rings (SSSR count). The Morgan fingerprint density at radius 3 is 3.00 bits per heavy atom. The lowest BCUT2D eigenvalue weighted by atomic mass is 10.2. The molecule has 92 valence electrons. The van der Waals surface area contributed by atoms with E-state index in [9.17, 15) is 9.18 Å². The monoisotopic (exact) mass is 266 g/mol. The van der Waals surface area contributed by atoms with Crippen LogP contribution in [0.3, 0.4) is 0 Å². The molecule has 0 bridgehead atoms. The molecule has 1 aliphatic rings. The second-order valence-corrected chi connectivity index (χ2v) is 3.82. The lowest BCUT2D eigenvalue weighted by Gasteiger charge is -2.10. The van der Waals surface area contributed by atoms with Gasteiger partial charge in [0.25, 0.3) is 5.91 Å². The average Bonchev–Trinajstić information content (AvgIpc) is 2.37. The molecule has 0 saturated carbocycles. The molecule has 1 aliphatic heterocycles. The van der Waals surface area contributed by atoms with Crippen molar-refractivity contribution in [2.45, 2.75) is 5.38 Å². The highest BCUT2D eigenvalue weighted by atomic mass is 35.5. The van der Waals surface area contributed by atoms with Crippen molar-refractivity contribution in [1.29, 1.82) is 0 Å². The van der Waals surface area contributed by atoms with E-state index in [-0.39, 0.29) is 5.71 Å². The van der Waals surface area contributed by atoms with Gasteiger partial charge in [0, 0.05) is 5.56 Å². The quantitative estimate of drug-likeness (QED) is 0.490. The first-order valence-corrected chi connectivity index (χ1v) is 5.44. The van der Waals surface area contributed by atoms with Crippen molar-refractivity contribution in [3.8, 4) is 0 Å². The lowest BCUT2D eigenvalue weighted by Crippen LogP contribution is -2.38. The smallest absolute Gasteiger partial charge is 0.264 e. The number of hydrogen-bond donors (Lipinski definition) is 1. The molecule has 0 fully saturated rings. The number of hydrazone groups is 1. The summed E-state index contributed by atoms with van der Waals surface area (Å²) in [6.07, 6.45) is 2.53. The average molecular weight is 267 g/mol. The first-order chi connectivity index (χ1) is 8.68. The fraction of sp³-hybridized carbons (Fsp3) is 0.0909. The van der Waals surface area contributed by atoms with Gasteiger partial charge in [0.2, 0.25) is 0 Å². The summed E-state index contributed by atoms with van der Waals surface area (Å²) in [7, 11) is 0. The summed E-state index contributed by atoms with van der Waals surface area (Å²) in [4.78, 5) is 11.1. The molecule has 0 spiro atoms. The Balaban J connectivity index is 2.16. The van der Waals surface area contributed by atoms with Crippen LogP contribution in [0.1, 0.15) is 5.56 Å². The normalized spacial score (nSPS) is 21.6. The van der Waals surface area contributed by atoms with E-state index in [0.29, 0.717) is 5.56 Å². The number of halogens is 2. The van der Waals surface area contributed by atoms with Crippen LogP contribution in [0, 0.1) is 5.82 Å². The van der Waals surface area contributed by atoms with E-state index in [1.807, 2.05) is 0 Å². The van der Waals surface area contributed by atoms with Gasteiger partial charge in [0.1, 0.15) is 11.5 Å². The Bertz CT molecular complexity index is 556. The number of nitrogens with zero attached hydrogens (tertiary/aromatic N) is 3. The molecule has 0 radical (unpaired) electrons. The Morgan fingerprint density at radius 1 is 1.44 bits per heavy atom. The molecule has 1 aromatic carbocycles. The minimum atomic E-state index is -0.944. The minimum Gasteiger partial charge on any atom is -0.271 e. The Kier molecular flexibility index (Phi) is 3.78. The molecule has 0 saturated heterocycles. The van der Waals surface area contributed by atoms with Crippen LogP contribution in [0.25, 0.3) is 0 Å². The van der Waals surface area contributed by atoms with E-state index in [1.165, 1.54) is 18.5 Å². The van der Waals surface area contributed by atoms with Gasteiger partial charge < -0.3 is 0 Å². The second-order valence-electron chi connectivity index (χ2n) is 3.39. The molecule has 1 N–H and O–H groups in total. The first kappa shape index (κ1) is 12.4. The molecule has 5 nitrogen and oxygen atoms in total. The van der Waals surface area contributed by atoms with E-state index < -0.39 is 17.1 Å². The highest BCUT2D eigenvalue weighted by molar-refractivity contribution is 6.54. The highest BCUT2D eigenvalue weighted by Gasteiger charge is 2.23. The maximum Gasteiger partial charge on any atom is 0.264 e. The predicted octanol–water partition coefficient (Wildman–Crippen LogP) is 1.32. The number of carbonyl (C=O) groups excluding carboxylic acids is 1. The summed E-state index contributed by atoms with van der Waals surface area (Å²) in [6.45, 7) is 0. The van der Waals surface area contributed by atoms with E-state index in [0.717, 1.165) is 0 Å². The number of amides is 1. The maximum atomic E-state index is 13.2. The van der Waals surface area contributed by atoms with Crippen molar-refractivity contribution in [3.05, 3.63) is 35.6 Å². The first-order valence-electron chi connectivity index (χ1n) is 5.01. The molecule has 1 amide bonds. The van der Waals surface area contributed by atoms with Crippen LogP contribution in [0.15, 0.2) is 39.6 Å². The number of carbonyl (C=O) groups is 1. The van der Waals surface area contributed by atoms with E-state index in [1.54, 1.807) is 18.2 Å². The van der Waals surface area contributed by atoms with Crippen molar-refractivity contribution in [3.63, 3.8) is 0 Å². The number of nitrogens with one attached hydrogen (secondary N) is 1. The number of hydrogen-bond acceptors (Lipinski definition) is 4. The maximum absolute atomic E-state index is 13.2. The third-order valence-corrected chi connectivity index (χ3v) is 2.56. The van der Waals surface area contributed by atoms with Crippen molar-refractivity contribution in [2.75, 3.05) is 0 Å². The van der Waals surface area contributed by atoms with Gasteiger partial charge in [-0.2, -0.15) is 15.3 Å². The van der Waals surface area contributed by atoms with Crippen LogP contribution in [0.4, 0.5) is 4.39 Å². The lowest BCUT2D eigenvalue weighted by molar-refractivity contribution is -0.119. The van der Waals surface area contributed by atoms with Gasteiger partial charge in [-0.1, -0.05) is 18.2 Å². The highest BCUT2D eigenvalue weighted by Crippen LogP contribution is 2.05. The van der Waals surface area contributed by atoms with Crippen molar-refractivity contribution >= 4 is 35.6 Å². The summed E-state index contributed by atoms with van der Waals surface area (Å²) in [6, 6.07) is 6.12. The fourth-order valence-corrected chi connectivity index (χ4v) is 1.38. The van der Waals surface area contributed by atoms with Gasteiger partial charge in [-0.3, -0.25) is 4.79 Å². The zero-order valence-electron chi connectivity index (χ0n) is 9.05. The summed E-state index contributed by atoms with van der Waals surface area (Å²) in [5.41, 5.74) is 2.68. The van der Waals surface area contributed by atoms with E-state index >= 15 is 0 Å². The van der Waals surface area contributed by atoms with Crippen molar-refractivity contribution in [1.82, 2.24) is 5.43 Å². The zero-order chi connectivity index (χ0) is 13.0. The van der Waals surface area contributed by atoms with Crippen LogP contribution < -0.4 is 5.43 Å². The number of alkyl halides is 1. The van der Waals surface area contributed by atoms with Gasteiger partial charge >= 0.3 is 0 Å². The molecule has 1 atom stereocenters. The summed E-state index contributed by atoms with van der Waals surface area (Å²) in [5, 5.41) is 10.0. The third-order valence-electron chi connectivity index (χ3n) is 2.14. The zero-order valence-corrected chi connectivity index (χ0v) is 9.80. The second kappa shape index (κ2) is 5.50. The SMILES string of the molecule is O=C1NN=C/C(=N\N=C\c2ccccc2F)C1Cl. The largest absolute Gasteiger partial charge is 0.271 e. The van der Waals surface area contributed by atoms with Crippen molar-refractivity contribution < 1.29 is 9.18 Å². The summed E-state index contributed by atoms with van der Waals surface area (Å²) in [5.74, 6) is -0.877. The number of benzene rings is 1. The molecular weight excluding hydrogens is 259 g/mol. The van der Waals surface area contributed by atoms with Gasteiger partial charge in [-0.05, 0) is 6.07 Å². The molecule has 0 aliphatic carbocycles. The van der Waals surface area contributed by atoms with Crippen molar-refractivity contribution in [2.24, 2.45) is 15.3 Å². The predicted molar refractivity (Wildman–Crippen MR) is 67.7 cm³/mol. The Morgan fingerprint density at radius 2 is 2.22 bits per heavy atom. The minimum absolute atomic E-state index is 0.202. The Labute approximate surface area is 107 Å². The Hall–Kier alpha value is -2.08.